The van der Waals surface area contributed by atoms with E-state index in [0.717, 1.165) is 29.9 Å². The zero-order valence-corrected chi connectivity index (χ0v) is 20.0. The van der Waals surface area contributed by atoms with Gasteiger partial charge in [0.15, 0.2) is 5.13 Å². The molecule has 2 aromatic rings. The average molecular weight is 514 g/mol. The van der Waals surface area contributed by atoms with E-state index in [9.17, 15) is 12.8 Å². The van der Waals surface area contributed by atoms with E-state index in [1.54, 1.807) is 5.38 Å². The first-order chi connectivity index (χ1) is 14.0. The topological polar surface area (TPSA) is 74.3 Å². The van der Waals surface area contributed by atoms with Crippen molar-refractivity contribution >= 4 is 67.0 Å². The maximum absolute atomic E-state index is 14.8. The van der Waals surface area contributed by atoms with Gasteiger partial charge in [0.1, 0.15) is 15.0 Å². The average Bonchev–Trinajstić information content (AvgIpc) is 2.97. The maximum Gasteiger partial charge on any atom is 0.266 e. The van der Waals surface area contributed by atoms with Crippen LogP contribution in [0.1, 0.15) is 12.8 Å². The van der Waals surface area contributed by atoms with Crippen molar-refractivity contribution in [3.05, 3.63) is 34.5 Å². The number of aromatic nitrogens is 1. The Morgan fingerprint density at radius 1 is 1.27 bits per heavy atom. The largest absolute Gasteiger partial charge is 0.379 e. The molecule has 0 amide bonds. The van der Waals surface area contributed by atoms with Crippen molar-refractivity contribution in [2.45, 2.75) is 34.2 Å². The van der Waals surface area contributed by atoms with Crippen LogP contribution in [0.2, 0.25) is 5.02 Å². The number of anilines is 2. The molecule has 2 N–H and O–H groups in total. The van der Waals surface area contributed by atoms with Crippen LogP contribution < -0.4 is 10.0 Å². The van der Waals surface area contributed by atoms with Crippen LogP contribution in [0.15, 0.2) is 28.6 Å². The molecule has 0 bridgehead atoms. The third-order valence-corrected chi connectivity index (χ3v) is 9.41. The van der Waals surface area contributed by atoms with Crippen LogP contribution in [0.25, 0.3) is 0 Å². The summed E-state index contributed by atoms with van der Waals surface area (Å²) in [6, 6.07) is 2.28. The Bertz CT molecular complexity index is 1050. The quantitative estimate of drug-likeness (QED) is 0.550. The lowest BCUT2D eigenvalue weighted by Crippen LogP contribution is -2.46. The van der Waals surface area contributed by atoms with Crippen molar-refractivity contribution < 1.29 is 12.8 Å². The lowest BCUT2D eigenvalue weighted by atomic mass is 9.89. The smallest absolute Gasteiger partial charge is 0.266 e. The molecule has 164 valence electrons. The molecule has 1 aromatic heterocycles. The minimum Gasteiger partial charge on any atom is -0.379 e. The number of hydrogen-bond acceptors (Lipinski definition) is 6. The Morgan fingerprint density at radius 3 is 2.60 bits per heavy atom. The number of fused-ring (bicyclic) bond motifs is 1. The lowest BCUT2D eigenvalue weighted by Gasteiger charge is -2.36. The minimum atomic E-state index is -4.16. The van der Waals surface area contributed by atoms with Gasteiger partial charge < -0.3 is 10.2 Å². The number of sulfonamides is 1. The molecule has 1 aromatic carbocycles. The highest BCUT2D eigenvalue weighted by Gasteiger charge is 2.66. The number of benzene rings is 1. The summed E-state index contributed by atoms with van der Waals surface area (Å²) in [5.41, 5.74) is 0.327. The van der Waals surface area contributed by atoms with Gasteiger partial charge in [0.2, 0.25) is 0 Å². The van der Waals surface area contributed by atoms with Crippen molar-refractivity contribution in [1.29, 1.82) is 0 Å². The lowest BCUT2D eigenvalue weighted by molar-refractivity contribution is 0.204. The molecule has 0 aliphatic heterocycles. The summed E-state index contributed by atoms with van der Waals surface area (Å²) >= 11 is 20.2. The molecule has 2 saturated carbocycles. The normalized spacial score (nSPS) is 27.6. The van der Waals surface area contributed by atoms with Crippen LogP contribution >= 0.6 is 46.1 Å². The summed E-state index contributed by atoms with van der Waals surface area (Å²) in [6.07, 6.45) is 2.97. The number of likely N-dealkylation sites (N-methyl/N-ethyl adjacent to an activating group) is 1. The SMILES string of the molecule is CN(C)[C@@H]1CC2C(C[C@H]1Nc1cc(F)c(S(=O)(=O)Nc3nccs3)cc1Cl)C2(Cl)Cl. The van der Waals surface area contributed by atoms with Crippen molar-refractivity contribution in [3.63, 3.8) is 0 Å². The molecule has 0 spiro atoms. The summed E-state index contributed by atoms with van der Waals surface area (Å²) in [5.74, 6) is -0.500. The Hall–Kier alpha value is -0.840. The maximum atomic E-state index is 14.8. The highest BCUT2D eigenvalue weighted by atomic mass is 35.5. The molecule has 2 unspecified atom stereocenters. The van der Waals surface area contributed by atoms with Crippen LogP contribution in [-0.4, -0.2) is 48.8 Å². The van der Waals surface area contributed by atoms with Crippen molar-refractivity contribution in [1.82, 2.24) is 9.88 Å². The number of thiazole rings is 1. The number of nitrogens with zero attached hydrogens (tertiary/aromatic N) is 2. The zero-order chi connectivity index (χ0) is 21.8. The van der Waals surface area contributed by atoms with Gasteiger partial charge in [0.05, 0.1) is 10.7 Å². The fourth-order valence-electron chi connectivity index (χ4n) is 4.17. The molecule has 6 nitrogen and oxygen atoms in total. The van der Waals surface area contributed by atoms with Crippen molar-refractivity contribution in [2.75, 3.05) is 24.1 Å². The Kier molecular flexibility index (Phi) is 5.91. The highest BCUT2D eigenvalue weighted by Crippen LogP contribution is 2.65. The van der Waals surface area contributed by atoms with Gasteiger partial charge in [0, 0.05) is 23.7 Å². The summed E-state index contributed by atoms with van der Waals surface area (Å²) in [4.78, 5) is 5.40. The number of alkyl halides is 2. The number of rotatable bonds is 6. The third kappa shape index (κ3) is 4.12. The standard InChI is InChI=1S/C18H20Cl3FN4O2S2/c1-26(2)15-6-10-9(18(10,20)21)5-14(15)24-13-8-12(22)16(7-11(13)19)30(27,28)25-17-23-3-4-29-17/h3-4,7-10,14-15,24H,5-6H2,1-2H3,(H,23,25)/t9?,10?,14-,15-/m1/s1. The Labute approximate surface area is 193 Å². The monoisotopic (exact) mass is 512 g/mol. The van der Waals surface area contributed by atoms with Gasteiger partial charge in [-0.25, -0.2) is 17.8 Å². The van der Waals surface area contributed by atoms with Gasteiger partial charge in [-0.05, 0) is 50.9 Å². The molecule has 2 fully saturated rings. The van der Waals surface area contributed by atoms with Gasteiger partial charge in [-0.1, -0.05) is 11.6 Å². The molecular weight excluding hydrogens is 494 g/mol. The molecule has 1 heterocycles. The molecule has 0 saturated heterocycles. The second kappa shape index (κ2) is 7.94. The van der Waals surface area contributed by atoms with Crippen molar-refractivity contribution in [3.8, 4) is 0 Å². The zero-order valence-electron chi connectivity index (χ0n) is 16.1. The molecule has 2 aliphatic rings. The van der Waals surface area contributed by atoms with Crippen LogP contribution in [0, 0.1) is 17.7 Å². The van der Waals surface area contributed by atoms with Crippen LogP contribution in [0.3, 0.4) is 0 Å². The predicted molar refractivity (Wildman–Crippen MR) is 120 cm³/mol. The first-order valence-electron chi connectivity index (χ1n) is 9.23. The number of hydrogen-bond donors (Lipinski definition) is 2. The predicted octanol–water partition coefficient (Wildman–Crippen LogP) is 4.66. The molecule has 4 rings (SSSR count). The minimum absolute atomic E-state index is 0.0616. The summed E-state index contributed by atoms with van der Waals surface area (Å²) < 4.78 is 41.4. The number of nitrogens with one attached hydrogen (secondary N) is 2. The van der Waals surface area contributed by atoms with Crippen LogP contribution in [-0.2, 0) is 10.0 Å². The summed E-state index contributed by atoms with van der Waals surface area (Å²) in [5, 5.41) is 5.15. The molecule has 0 radical (unpaired) electrons. The Balaban J connectivity index is 1.57. The van der Waals surface area contributed by atoms with Crippen molar-refractivity contribution in [2.24, 2.45) is 11.8 Å². The first kappa shape index (κ1) is 22.4. The summed E-state index contributed by atoms with van der Waals surface area (Å²) in [7, 11) is -0.227. The number of halogens is 4. The molecule has 2 aliphatic carbocycles. The second-order valence-electron chi connectivity index (χ2n) is 7.85. The fraction of sp³-hybridized carbons (Fsp3) is 0.500. The summed E-state index contributed by atoms with van der Waals surface area (Å²) in [6.45, 7) is 0. The van der Waals surface area contributed by atoms with E-state index in [2.05, 4.69) is 19.9 Å². The van der Waals surface area contributed by atoms with Gasteiger partial charge in [-0.3, -0.25) is 4.72 Å². The first-order valence-corrected chi connectivity index (χ1v) is 12.7. The van der Waals surface area contributed by atoms with E-state index >= 15 is 0 Å². The second-order valence-corrected chi connectivity index (χ2v) is 12.2. The van der Waals surface area contributed by atoms with Gasteiger partial charge in [0.25, 0.3) is 10.0 Å². The van der Waals surface area contributed by atoms with Crippen LogP contribution in [0.5, 0.6) is 0 Å². The molecule has 12 heteroatoms. The third-order valence-electron chi connectivity index (χ3n) is 5.80. The van der Waals surface area contributed by atoms with Crippen LogP contribution in [0.4, 0.5) is 15.2 Å². The molecule has 30 heavy (non-hydrogen) atoms. The van der Waals surface area contributed by atoms with E-state index in [0.29, 0.717) is 12.1 Å². The van der Waals surface area contributed by atoms with E-state index in [1.807, 2.05) is 14.1 Å². The fourth-order valence-corrected chi connectivity index (χ4v) is 7.17. The van der Waals surface area contributed by atoms with E-state index in [4.69, 9.17) is 34.8 Å². The van der Waals surface area contributed by atoms with Gasteiger partial charge in [-0.2, -0.15) is 0 Å². The Morgan fingerprint density at radius 2 is 1.97 bits per heavy atom. The van der Waals surface area contributed by atoms with Gasteiger partial charge in [-0.15, -0.1) is 34.5 Å². The van der Waals surface area contributed by atoms with E-state index in [1.165, 1.54) is 6.20 Å². The molecule has 4 atom stereocenters. The molecular formula is C18H20Cl3FN4O2S2. The van der Waals surface area contributed by atoms with Gasteiger partial charge >= 0.3 is 0 Å². The van der Waals surface area contributed by atoms with E-state index in [-0.39, 0.29) is 34.1 Å². The van der Waals surface area contributed by atoms with E-state index < -0.39 is 25.1 Å². The highest BCUT2D eigenvalue weighted by molar-refractivity contribution is 7.93.